The molecule has 0 atom stereocenters. The highest BCUT2D eigenvalue weighted by Gasteiger charge is 2.14. The van der Waals surface area contributed by atoms with Gasteiger partial charge in [-0.25, -0.2) is 14.4 Å². The Kier molecular flexibility index (Phi) is 4.00. The van der Waals surface area contributed by atoms with E-state index in [2.05, 4.69) is 15.3 Å². The molecule has 0 spiro atoms. The van der Waals surface area contributed by atoms with E-state index in [0.717, 1.165) is 5.56 Å². The van der Waals surface area contributed by atoms with Crippen LogP contribution in [-0.4, -0.2) is 9.97 Å². The first-order chi connectivity index (χ1) is 9.00. The highest BCUT2D eigenvalue weighted by atomic mass is 35.5. The van der Waals surface area contributed by atoms with Crippen LogP contribution in [-0.2, 0) is 0 Å². The summed E-state index contributed by atoms with van der Waals surface area (Å²) in [4.78, 5) is 8.18. The van der Waals surface area contributed by atoms with Crippen LogP contribution < -0.4 is 5.32 Å². The summed E-state index contributed by atoms with van der Waals surface area (Å²) in [5, 5.41) is 3.55. The number of halogens is 2. The van der Waals surface area contributed by atoms with Crippen LogP contribution in [0.4, 0.5) is 15.9 Å². The highest BCUT2D eigenvalue weighted by molar-refractivity contribution is 6.30. The van der Waals surface area contributed by atoms with E-state index in [1.807, 2.05) is 13.8 Å². The maximum Gasteiger partial charge on any atom is 0.138 e. The minimum Gasteiger partial charge on any atom is -0.340 e. The Morgan fingerprint density at radius 1 is 1.26 bits per heavy atom. The summed E-state index contributed by atoms with van der Waals surface area (Å²) in [6, 6.07) is 4.89. The zero-order valence-electron chi connectivity index (χ0n) is 11.0. The molecule has 0 saturated heterocycles. The number of hydrogen-bond donors (Lipinski definition) is 1. The molecule has 5 heteroatoms. The SMILES string of the molecule is Cc1c(F)cccc1Nc1ncnc(Cl)c1C(C)C. The van der Waals surface area contributed by atoms with Gasteiger partial charge in [0.15, 0.2) is 0 Å². The average Bonchev–Trinajstić information content (AvgIpc) is 2.34. The molecule has 19 heavy (non-hydrogen) atoms. The monoisotopic (exact) mass is 279 g/mol. The quantitative estimate of drug-likeness (QED) is 0.844. The Balaban J connectivity index is 2.44. The van der Waals surface area contributed by atoms with Gasteiger partial charge in [0, 0.05) is 16.8 Å². The van der Waals surface area contributed by atoms with Gasteiger partial charge in [-0.15, -0.1) is 0 Å². The molecule has 0 radical (unpaired) electrons. The molecule has 2 rings (SSSR count). The Morgan fingerprint density at radius 2 is 2.00 bits per heavy atom. The number of anilines is 2. The van der Waals surface area contributed by atoms with Gasteiger partial charge in [0.05, 0.1) is 0 Å². The molecule has 0 aliphatic carbocycles. The first-order valence-electron chi connectivity index (χ1n) is 6.03. The zero-order chi connectivity index (χ0) is 14.0. The van der Waals surface area contributed by atoms with E-state index in [-0.39, 0.29) is 11.7 Å². The number of benzene rings is 1. The number of aromatic nitrogens is 2. The molecule has 1 N–H and O–H groups in total. The third kappa shape index (κ3) is 2.84. The molecule has 0 bridgehead atoms. The molecule has 2 aromatic rings. The summed E-state index contributed by atoms with van der Waals surface area (Å²) in [5.74, 6) is 0.532. The van der Waals surface area contributed by atoms with Crippen LogP contribution in [0.15, 0.2) is 24.5 Å². The summed E-state index contributed by atoms with van der Waals surface area (Å²) in [7, 11) is 0. The van der Waals surface area contributed by atoms with E-state index in [1.54, 1.807) is 19.1 Å². The van der Waals surface area contributed by atoms with Crippen molar-refractivity contribution in [3.05, 3.63) is 46.6 Å². The molecule has 0 saturated carbocycles. The van der Waals surface area contributed by atoms with Crippen molar-refractivity contribution < 1.29 is 4.39 Å². The fourth-order valence-electron chi connectivity index (χ4n) is 1.86. The molecular formula is C14H15ClFN3. The molecule has 1 heterocycles. The number of rotatable bonds is 3. The van der Waals surface area contributed by atoms with Crippen molar-refractivity contribution in [1.82, 2.24) is 9.97 Å². The molecule has 0 unspecified atom stereocenters. The molecule has 3 nitrogen and oxygen atoms in total. The normalized spacial score (nSPS) is 10.8. The van der Waals surface area contributed by atoms with Crippen LogP contribution >= 0.6 is 11.6 Å². The molecule has 0 aliphatic heterocycles. The average molecular weight is 280 g/mol. The molecular weight excluding hydrogens is 265 g/mol. The highest BCUT2D eigenvalue weighted by Crippen LogP contribution is 2.31. The lowest BCUT2D eigenvalue weighted by atomic mass is 10.1. The lowest BCUT2D eigenvalue weighted by Gasteiger charge is -2.15. The summed E-state index contributed by atoms with van der Waals surface area (Å²) in [6.45, 7) is 5.73. The Morgan fingerprint density at radius 3 is 2.68 bits per heavy atom. The predicted molar refractivity (Wildman–Crippen MR) is 75.6 cm³/mol. The minimum atomic E-state index is -0.253. The first-order valence-corrected chi connectivity index (χ1v) is 6.41. The smallest absolute Gasteiger partial charge is 0.138 e. The van der Waals surface area contributed by atoms with Crippen LogP contribution in [0.1, 0.15) is 30.9 Å². The van der Waals surface area contributed by atoms with E-state index in [4.69, 9.17) is 11.6 Å². The second-order valence-electron chi connectivity index (χ2n) is 4.62. The van der Waals surface area contributed by atoms with Crippen molar-refractivity contribution in [2.75, 3.05) is 5.32 Å². The van der Waals surface area contributed by atoms with Gasteiger partial charge in [0.1, 0.15) is 23.1 Å². The predicted octanol–water partition coefficient (Wildman–Crippen LogP) is 4.44. The largest absolute Gasteiger partial charge is 0.340 e. The van der Waals surface area contributed by atoms with Crippen LogP contribution in [0, 0.1) is 12.7 Å². The van der Waals surface area contributed by atoms with E-state index in [9.17, 15) is 4.39 Å². The number of nitrogens with zero attached hydrogens (tertiary/aromatic N) is 2. The van der Waals surface area contributed by atoms with Crippen LogP contribution in [0.5, 0.6) is 0 Å². The first kappa shape index (κ1) is 13.7. The van der Waals surface area contributed by atoms with Crippen molar-refractivity contribution in [3.8, 4) is 0 Å². The van der Waals surface area contributed by atoms with Gasteiger partial charge < -0.3 is 5.32 Å². The van der Waals surface area contributed by atoms with Gasteiger partial charge >= 0.3 is 0 Å². The van der Waals surface area contributed by atoms with E-state index < -0.39 is 0 Å². The lowest BCUT2D eigenvalue weighted by molar-refractivity contribution is 0.619. The molecule has 1 aromatic carbocycles. The fraction of sp³-hybridized carbons (Fsp3) is 0.286. The molecule has 0 aliphatic rings. The summed E-state index contributed by atoms with van der Waals surface area (Å²) >= 11 is 6.10. The zero-order valence-corrected chi connectivity index (χ0v) is 11.8. The van der Waals surface area contributed by atoms with Crippen molar-refractivity contribution in [2.45, 2.75) is 26.7 Å². The van der Waals surface area contributed by atoms with Gasteiger partial charge in [-0.05, 0) is 25.0 Å². The fourth-order valence-corrected chi connectivity index (χ4v) is 2.21. The van der Waals surface area contributed by atoms with Crippen molar-refractivity contribution in [2.24, 2.45) is 0 Å². The molecule has 0 amide bonds. The summed E-state index contributed by atoms with van der Waals surface area (Å²) in [5.41, 5.74) is 2.05. The molecule has 1 aromatic heterocycles. The Bertz CT molecular complexity index is 599. The second-order valence-corrected chi connectivity index (χ2v) is 4.98. The van der Waals surface area contributed by atoms with Crippen LogP contribution in [0.25, 0.3) is 0 Å². The number of nitrogens with one attached hydrogen (secondary N) is 1. The van der Waals surface area contributed by atoms with Gasteiger partial charge in [-0.1, -0.05) is 31.5 Å². The maximum atomic E-state index is 13.5. The van der Waals surface area contributed by atoms with Gasteiger partial charge in [0.25, 0.3) is 0 Å². The second kappa shape index (κ2) is 5.53. The summed E-state index contributed by atoms with van der Waals surface area (Å²) < 4.78 is 13.5. The topological polar surface area (TPSA) is 37.8 Å². The van der Waals surface area contributed by atoms with Crippen molar-refractivity contribution in [3.63, 3.8) is 0 Å². The van der Waals surface area contributed by atoms with E-state index in [0.29, 0.717) is 22.2 Å². The Labute approximate surface area is 116 Å². The lowest BCUT2D eigenvalue weighted by Crippen LogP contribution is -2.04. The maximum absolute atomic E-state index is 13.5. The van der Waals surface area contributed by atoms with Gasteiger partial charge in [0.2, 0.25) is 0 Å². The third-order valence-corrected chi connectivity index (χ3v) is 3.23. The minimum absolute atomic E-state index is 0.171. The summed E-state index contributed by atoms with van der Waals surface area (Å²) in [6.07, 6.45) is 1.39. The molecule has 100 valence electrons. The van der Waals surface area contributed by atoms with Gasteiger partial charge in [-0.2, -0.15) is 0 Å². The van der Waals surface area contributed by atoms with Crippen LogP contribution in [0.3, 0.4) is 0 Å². The number of hydrogen-bond acceptors (Lipinski definition) is 3. The Hall–Kier alpha value is -1.68. The van der Waals surface area contributed by atoms with E-state index >= 15 is 0 Å². The van der Waals surface area contributed by atoms with Crippen molar-refractivity contribution >= 4 is 23.1 Å². The van der Waals surface area contributed by atoms with Gasteiger partial charge in [-0.3, -0.25) is 0 Å². The molecule has 0 fully saturated rings. The third-order valence-electron chi connectivity index (χ3n) is 2.93. The standard InChI is InChI=1S/C14H15ClFN3/c1-8(2)12-13(15)17-7-18-14(12)19-11-6-4-5-10(16)9(11)3/h4-8H,1-3H3,(H,17,18,19). The van der Waals surface area contributed by atoms with Crippen LogP contribution in [0.2, 0.25) is 5.15 Å². The van der Waals surface area contributed by atoms with E-state index in [1.165, 1.54) is 12.4 Å². The van der Waals surface area contributed by atoms with Crippen molar-refractivity contribution in [1.29, 1.82) is 0 Å².